The molecule has 3 heteroatoms. The van der Waals surface area contributed by atoms with Gasteiger partial charge in [0.25, 0.3) is 0 Å². The zero-order valence-corrected chi connectivity index (χ0v) is 13.1. The minimum absolute atomic E-state index is 0.0270. The predicted molar refractivity (Wildman–Crippen MR) is 86.6 cm³/mol. The van der Waals surface area contributed by atoms with Crippen molar-refractivity contribution in [3.63, 3.8) is 0 Å². The van der Waals surface area contributed by atoms with Crippen molar-refractivity contribution < 1.29 is 5.11 Å². The van der Waals surface area contributed by atoms with Gasteiger partial charge in [0.2, 0.25) is 0 Å². The Morgan fingerprint density at radius 2 is 2.10 bits per heavy atom. The summed E-state index contributed by atoms with van der Waals surface area (Å²) >= 11 is 0. The molecule has 21 heavy (non-hydrogen) atoms. The van der Waals surface area contributed by atoms with E-state index in [-0.39, 0.29) is 17.6 Å². The fourth-order valence-corrected chi connectivity index (χ4v) is 3.07. The highest BCUT2D eigenvalue weighted by Gasteiger charge is 2.30. The fraction of sp³-hybridized carbons (Fsp3) is 0.500. The molecule has 1 aromatic carbocycles. The zero-order valence-electron chi connectivity index (χ0n) is 13.1. The maximum atomic E-state index is 10.5. The molecule has 0 unspecified atom stereocenters. The lowest BCUT2D eigenvalue weighted by atomic mass is 9.98. The third-order valence-corrected chi connectivity index (χ3v) is 4.22. The van der Waals surface area contributed by atoms with Gasteiger partial charge in [-0.2, -0.15) is 0 Å². The number of nitrogens with one attached hydrogen (secondary N) is 1. The molecule has 0 fully saturated rings. The Morgan fingerprint density at radius 3 is 2.86 bits per heavy atom. The van der Waals surface area contributed by atoms with Gasteiger partial charge in [-0.3, -0.25) is 4.98 Å². The van der Waals surface area contributed by atoms with E-state index in [1.807, 2.05) is 18.2 Å². The van der Waals surface area contributed by atoms with Crippen LogP contribution >= 0.6 is 0 Å². The molecule has 0 saturated heterocycles. The molecule has 2 aromatic rings. The molecule has 0 bridgehead atoms. The SMILES string of the molecule is CC(C)(C)NC[C@@H](O)[C@@H]1CCc2cc3ccccc3nc21. The molecule has 1 heterocycles. The van der Waals surface area contributed by atoms with Crippen LogP contribution in [0.3, 0.4) is 0 Å². The lowest BCUT2D eigenvalue weighted by Gasteiger charge is -2.25. The summed E-state index contributed by atoms with van der Waals surface area (Å²) in [6.45, 7) is 6.97. The van der Waals surface area contributed by atoms with Gasteiger partial charge in [0.05, 0.1) is 17.3 Å². The van der Waals surface area contributed by atoms with Crippen molar-refractivity contribution in [2.45, 2.75) is 51.2 Å². The lowest BCUT2D eigenvalue weighted by Crippen LogP contribution is -2.42. The quantitative estimate of drug-likeness (QED) is 0.910. The summed E-state index contributed by atoms with van der Waals surface area (Å²) in [5.74, 6) is 0.152. The summed E-state index contributed by atoms with van der Waals surface area (Å²) in [6.07, 6.45) is 1.63. The first kappa shape index (κ1) is 14.5. The number of para-hydroxylation sites is 1. The highest BCUT2D eigenvalue weighted by atomic mass is 16.3. The van der Waals surface area contributed by atoms with E-state index in [4.69, 9.17) is 4.98 Å². The number of pyridine rings is 1. The molecule has 1 aromatic heterocycles. The van der Waals surface area contributed by atoms with E-state index in [1.54, 1.807) is 0 Å². The van der Waals surface area contributed by atoms with Gasteiger partial charge < -0.3 is 10.4 Å². The van der Waals surface area contributed by atoms with Crippen LogP contribution in [0.4, 0.5) is 0 Å². The molecule has 112 valence electrons. The maximum Gasteiger partial charge on any atom is 0.0748 e. The van der Waals surface area contributed by atoms with Crippen molar-refractivity contribution in [3.05, 3.63) is 41.6 Å². The Labute approximate surface area is 126 Å². The number of aliphatic hydroxyl groups excluding tert-OH is 1. The van der Waals surface area contributed by atoms with Gasteiger partial charge in [0, 0.05) is 23.4 Å². The molecule has 2 atom stereocenters. The van der Waals surface area contributed by atoms with E-state index in [2.05, 4.69) is 38.2 Å². The standard InChI is InChI=1S/C18H24N2O/c1-18(2,3)19-11-16(21)14-9-8-13-10-12-6-4-5-7-15(12)20-17(13)14/h4-7,10,14,16,19,21H,8-9,11H2,1-3H3/t14-,16+/m0/s1. The number of aryl methyl sites for hydroxylation is 1. The first-order chi connectivity index (χ1) is 9.94. The van der Waals surface area contributed by atoms with E-state index in [1.165, 1.54) is 10.9 Å². The second kappa shape index (κ2) is 5.39. The molecule has 2 N–H and O–H groups in total. The summed E-state index contributed by atoms with van der Waals surface area (Å²) in [5.41, 5.74) is 3.45. The number of aliphatic hydroxyl groups is 1. The Hall–Kier alpha value is -1.45. The molecule has 0 saturated carbocycles. The number of rotatable bonds is 3. The van der Waals surface area contributed by atoms with Gasteiger partial charge in [0.1, 0.15) is 0 Å². The molecule has 0 spiro atoms. The van der Waals surface area contributed by atoms with Crippen LogP contribution < -0.4 is 5.32 Å². The summed E-state index contributed by atoms with van der Waals surface area (Å²) in [6, 6.07) is 10.5. The van der Waals surface area contributed by atoms with Crippen molar-refractivity contribution >= 4 is 10.9 Å². The van der Waals surface area contributed by atoms with Gasteiger partial charge >= 0.3 is 0 Å². The van der Waals surface area contributed by atoms with E-state index < -0.39 is 0 Å². The maximum absolute atomic E-state index is 10.5. The summed E-state index contributed by atoms with van der Waals surface area (Å²) in [7, 11) is 0. The van der Waals surface area contributed by atoms with Crippen LogP contribution in [-0.2, 0) is 6.42 Å². The predicted octanol–water partition coefficient (Wildman–Crippen LogP) is 3.01. The van der Waals surface area contributed by atoms with Crippen LogP contribution in [0.5, 0.6) is 0 Å². The average molecular weight is 284 g/mol. The molecule has 0 amide bonds. The molecular weight excluding hydrogens is 260 g/mol. The van der Waals surface area contributed by atoms with E-state index in [0.29, 0.717) is 6.54 Å². The summed E-state index contributed by atoms with van der Waals surface area (Å²) < 4.78 is 0. The minimum Gasteiger partial charge on any atom is -0.391 e. The number of benzene rings is 1. The second-order valence-corrected chi connectivity index (χ2v) is 7.07. The summed E-state index contributed by atoms with van der Waals surface area (Å²) in [5, 5.41) is 15.1. The third kappa shape index (κ3) is 3.09. The van der Waals surface area contributed by atoms with Crippen LogP contribution in [0.2, 0.25) is 0 Å². The van der Waals surface area contributed by atoms with Crippen LogP contribution in [0.1, 0.15) is 44.4 Å². The topological polar surface area (TPSA) is 45.1 Å². The highest BCUT2D eigenvalue weighted by Crippen LogP contribution is 2.35. The van der Waals surface area contributed by atoms with E-state index >= 15 is 0 Å². The van der Waals surface area contributed by atoms with Gasteiger partial charge in [-0.25, -0.2) is 0 Å². The first-order valence-corrected chi connectivity index (χ1v) is 7.76. The van der Waals surface area contributed by atoms with Crippen LogP contribution in [0.15, 0.2) is 30.3 Å². The Bertz CT molecular complexity index is 645. The average Bonchev–Trinajstić information content (AvgIpc) is 2.84. The number of nitrogens with zero attached hydrogens (tertiary/aromatic N) is 1. The molecule has 3 rings (SSSR count). The molecule has 1 aliphatic rings. The zero-order chi connectivity index (χ0) is 15.0. The number of hydrogen-bond acceptors (Lipinski definition) is 3. The van der Waals surface area contributed by atoms with Crippen LogP contribution in [-0.4, -0.2) is 28.3 Å². The summed E-state index contributed by atoms with van der Waals surface area (Å²) in [4.78, 5) is 4.81. The molecule has 1 aliphatic carbocycles. The number of aromatic nitrogens is 1. The van der Waals surface area contributed by atoms with Crippen molar-refractivity contribution in [1.29, 1.82) is 0 Å². The van der Waals surface area contributed by atoms with Crippen LogP contribution in [0, 0.1) is 0 Å². The first-order valence-electron chi connectivity index (χ1n) is 7.76. The molecule has 0 aliphatic heterocycles. The monoisotopic (exact) mass is 284 g/mol. The van der Waals surface area contributed by atoms with Gasteiger partial charge in [-0.05, 0) is 51.3 Å². The lowest BCUT2D eigenvalue weighted by molar-refractivity contribution is 0.130. The van der Waals surface area contributed by atoms with Crippen LogP contribution in [0.25, 0.3) is 10.9 Å². The Balaban J connectivity index is 1.84. The van der Waals surface area contributed by atoms with Crippen molar-refractivity contribution in [3.8, 4) is 0 Å². The van der Waals surface area contributed by atoms with Crippen molar-refractivity contribution in [1.82, 2.24) is 10.3 Å². The largest absolute Gasteiger partial charge is 0.391 e. The fourth-order valence-electron chi connectivity index (χ4n) is 3.07. The van der Waals surface area contributed by atoms with E-state index in [9.17, 15) is 5.11 Å². The second-order valence-electron chi connectivity index (χ2n) is 7.07. The highest BCUT2D eigenvalue weighted by molar-refractivity contribution is 5.79. The van der Waals surface area contributed by atoms with E-state index in [0.717, 1.165) is 24.1 Å². The molecule has 3 nitrogen and oxygen atoms in total. The third-order valence-electron chi connectivity index (χ3n) is 4.22. The number of hydrogen-bond donors (Lipinski definition) is 2. The molecule has 0 radical (unpaired) electrons. The van der Waals surface area contributed by atoms with Crippen molar-refractivity contribution in [2.75, 3.05) is 6.54 Å². The smallest absolute Gasteiger partial charge is 0.0748 e. The van der Waals surface area contributed by atoms with Gasteiger partial charge in [0.15, 0.2) is 0 Å². The Kier molecular flexibility index (Phi) is 3.72. The normalized spacial score (nSPS) is 19.7. The Morgan fingerprint density at radius 1 is 1.33 bits per heavy atom. The van der Waals surface area contributed by atoms with Crippen molar-refractivity contribution in [2.24, 2.45) is 0 Å². The number of β-amino-alcohol motifs (C(OH)–C–C–N with tert-alkyl or cyclic N) is 1. The van der Waals surface area contributed by atoms with Gasteiger partial charge in [-0.15, -0.1) is 0 Å². The van der Waals surface area contributed by atoms with Gasteiger partial charge in [-0.1, -0.05) is 18.2 Å². The minimum atomic E-state index is -0.376. The number of fused-ring (bicyclic) bond motifs is 2. The molecular formula is C18H24N2O.